The minimum Gasteiger partial charge on any atom is -0.359 e. The van der Waals surface area contributed by atoms with Gasteiger partial charge in [0.15, 0.2) is 0 Å². The number of pyridine rings is 1. The van der Waals surface area contributed by atoms with Crippen molar-refractivity contribution in [2.75, 3.05) is 25.0 Å². The molecule has 2 saturated carbocycles. The van der Waals surface area contributed by atoms with Crippen molar-refractivity contribution in [3.8, 4) is 0 Å². The van der Waals surface area contributed by atoms with Crippen LogP contribution in [0, 0.1) is 24.7 Å². The summed E-state index contributed by atoms with van der Waals surface area (Å²) in [7, 11) is 2.21. The molecule has 21 heavy (non-hydrogen) atoms. The van der Waals surface area contributed by atoms with Gasteiger partial charge in [-0.15, -0.1) is 0 Å². The van der Waals surface area contributed by atoms with Crippen LogP contribution in [0.2, 0.25) is 0 Å². The normalized spacial score (nSPS) is 27.3. The van der Waals surface area contributed by atoms with E-state index < -0.39 is 0 Å². The zero-order valence-corrected chi connectivity index (χ0v) is 13.7. The van der Waals surface area contributed by atoms with Crippen molar-refractivity contribution in [1.29, 1.82) is 0 Å². The van der Waals surface area contributed by atoms with Crippen LogP contribution in [0.25, 0.3) is 0 Å². The van der Waals surface area contributed by atoms with Gasteiger partial charge in [0.1, 0.15) is 5.82 Å². The Hall–Kier alpha value is -1.09. The molecular formula is C18H29N3. The predicted molar refractivity (Wildman–Crippen MR) is 88.6 cm³/mol. The van der Waals surface area contributed by atoms with Gasteiger partial charge in [0.05, 0.1) is 0 Å². The summed E-state index contributed by atoms with van der Waals surface area (Å²) in [6, 6.07) is 4.44. The minimum atomic E-state index is 0.897. The number of hydrogen-bond acceptors (Lipinski definition) is 3. The highest BCUT2D eigenvalue weighted by Gasteiger charge is 2.39. The van der Waals surface area contributed by atoms with E-state index in [2.05, 4.69) is 43.2 Å². The van der Waals surface area contributed by atoms with E-state index in [1.165, 1.54) is 37.8 Å². The van der Waals surface area contributed by atoms with Gasteiger partial charge in [0.2, 0.25) is 0 Å². The summed E-state index contributed by atoms with van der Waals surface area (Å²) in [5, 5.41) is 3.41. The maximum absolute atomic E-state index is 4.74. The largest absolute Gasteiger partial charge is 0.359 e. The molecule has 0 spiro atoms. The quantitative estimate of drug-likeness (QED) is 0.869. The third kappa shape index (κ3) is 3.39. The Morgan fingerprint density at radius 3 is 2.81 bits per heavy atom. The first-order valence-corrected chi connectivity index (χ1v) is 8.55. The van der Waals surface area contributed by atoms with Crippen molar-refractivity contribution >= 4 is 5.82 Å². The summed E-state index contributed by atoms with van der Waals surface area (Å²) in [6.45, 7) is 7.38. The molecule has 2 aliphatic carbocycles. The average molecular weight is 287 g/mol. The second-order valence-corrected chi connectivity index (χ2v) is 7.07. The lowest BCUT2D eigenvalue weighted by atomic mass is 9.88. The third-order valence-corrected chi connectivity index (χ3v) is 5.36. The topological polar surface area (TPSA) is 28.2 Å². The van der Waals surface area contributed by atoms with Crippen LogP contribution < -0.4 is 10.2 Å². The molecule has 3 atom stereocenters. The zero-order valence-electron chi connectivity index (χ0n) is 13.7. The van der Waals surface area contributed by atoms with E-state index in [4.69, 9.17) is 4.98 Å². The van der Waals surface area contributed by atoms with E-state index in [1.54, 1.807) is 0 Å². The number of anilines is 1. The first-order chi connectivity index (χ1) is 10.2. The summed E-state index contributed by atoms with van der Waals surface area (Å²) >= 11 is 0. The molecule has 0 saturated heterocycles. The van der Waals surface area contributed by atoms with Crippen LogP contribution in [-0.2, 0) is 6.54 Å². The third-order valence-electron chi connectivity index (χ3n) is 5.36. The van der Waals surface area contributed by atoms with Crippen LogP contribution in [0.4, 0.5) is 5.82 Å². The lowest BCUT2D eigenvalue weighted by Gasteiger charge is -2.28. The van der Waals surface area contributed by atoms with Crippen LogP contribution in [0.1, 0.15) is 43.9 Å². The summed E-state index contributed by atoms with van der Waals surface area (Å²) in [4.78, 5) is 7.13. The fraction of sp³-hybridized carbons (Fsp3) is 0.722. The molecule has 2 bridgehead atoms. The number of fused-ring (bicyclic) bond motifs is 2. The van der Waals surface area contributed by atoms with Gasteiger partial charge in [-0.3, -0.25) is 0 Å². The Morgan fingerprint density at radius 2 is 2.14 bits per heavy atom. The molecule has 1 aromatic heterocycles. The van der Waals surface area contributed by atoms with Crippen LogP contribution in [-0.4, -0.2) is 25.1 Å². The number of aryl methyl sites for hydroxylation is 1. The Morgan fingerprint density at radius 1 is 1.29 bits per heavy atom. The summed E-state index contributed by atoms with van der Waals surface area (Å²) < 4.78 is 0. The Bertz CT molecular complexity index is 485. The fourth-order valence-electron chi connectivity index (χ4n) is 4.33. The van der Waals surface area contributed by atoms with Gasteiger partial charge in [-0.25, -0.2) is 4.98 Å². The van der Waals surface area contributed by atoms with E-state index in [0.717, 1.165) is 42.4 Å². The molecule has 3 heteroatoms. The highest BCUT2D eigenvalue weighted by atomic mass is 15.2. The zero-order chi connectivity index (χ0) is 14.8. The van der Waals surface area contributed by atoms with Gasteiger partial charge in [-0.05, 0) is 68.2 Å². The van der Waals surface area contributed by atoms with Crippen LogP contribution in [0.3, 0.4) is 0 Å². The maximum Gasteiger partial charge on any atom is 0.128 e. The van der Waals surface area contributed by atoms with Crippen LogP contribution >= 0.6 is 0 Å². The molecule has 0 aliphatic heterocycles. The molecular weight excluding hydrogens is 258 g/mol. The first-order valence-electron chi connectivity index (χ1n) is 8.55. The standard InChI is InChI=1S/C18H29N3/c1-4-19-11-15-7-13(2)20-18(10-15)21(3)12-17-9-14-5-6-16(17)8-14/h7,10,14,16-17,19H,4-6,8-9,11-12H2,1-3H3. The molecule has 0 radical (unpaired) electrons. The Labute approximate surface area is 129 Å². The van der Waals surface area contributed by atoms with Crippen LogP contribution in [0.5, 0.6) is 0 Å². The smallest absolute Gasteiger partial charge is 0.128 e. The summed E-state index contributed by atoms with van der Waals surface area (Å²) in [5.74, 6) is 4.06. The lowest BCUT2D eigenvalue weighted by molar-refractivity contribution is 0.337. The summed E-state index contributed by atoms with van der Waals surface area (Å²) in [6.07, 6.45) is 5.90. The van der Waals surface area contributed by atoms with Crippen molar-refractivity contribution < 1.29 is 0 Å². The predicted octanol–water partition coefficient (Wildman–Crippen LogP) is 3.37. The molecule has 1 N–H and O–H groups in total. The summed E-state index contributed by atoms with van der Waals surface area (Å²) in [5.41, 5.74) is 2.47. The van der Waals surface area contributed by atoms with E-state index in [0.29, 0.717) is 0 Å². The SMILES string of the molecule is CCNCc1cc(C)nc(N(C)CC2CC3CCC2C3)c1. The molecule has 116 valence electrons. The van der Waals surface area contributed by atoms with E-state index in [-0.39, 0.29) is 0 Å². The van der Waals surface area contributed by atoms with Gasteiger partial charge in [0, 0.05) is 25.8 Å². The van der Waals surface area contributed by atoms with Gasteiger partial charge < -0.3 is 10.2 Å². The number of nitrogens with one attached hydrogen (secondary N) is 1. The number of nitrogens with zero attached hydrogens (tertiary/aromatic N) is 2. The lowest BCUT2D eigenvalue weighted by Crippen LogP contribution is -2.29. The molecule has 0 amide bonds. The number of hydrogen-bond donors (Lipinski definition) is 1. The molecule has 3 rings (SSSR count). The highest BCUT2D eigenvalue weighted by molar-refractivity contribution is 5.42. The first kappa shape index (κ1) is 14.8. The number of rotatable bonds is 6. The number of aromatic nitrogens is 1. The van der Waals surface area contributed by atoms with E-state index >= 15 is 0 Å². The van der Waals surface area contributed by atoms with Crippen molar-refractivity contribution in [2.45, 2.75) is 46.1 Å². The fourth-order valence-corrected chi connectivity index (χ4v) is 4.33. The maximum atomic E-state index is 4.74. The van der Waals surface area contributed by atoms with Crippen molar-refractivity contribution in [3.63, 3.8) is 0 Å². The minimum absolute atomic E-state index is 0.897. The van der Waals surface area contributed by atoms with E-state index in [1.807, 2.05) is 0 Å². The van der Waals surface area contributed by atoms with Crippen molar-refractivity contribution in [3.05, 3.63) is 23.4 Å². The van der Waals surface area contributed by atoms with Gasteiger partial charge in [-0.2, -0.15) is 0 Å². The Balaban J connectivity index is 1.66. The molecule has 0 aromatic carbocycles. The van der Waals surface area contributed by atoms with E-state index in [9.17, 15) is 0 Å². The van der Waals surface area contributed by atoms with Gasteiger partial charge in [0.25, 0.3) is 0 Å². The van der Waals surface area contributed by atoms with Crippen LogP contribution in [0.15, 0.2) is 12.1 Å². The molecule has 1 heterocycles. The molecule has 2 fully saturated rings. The average Bonchev–Trinajstić information content (AvgIpc) is 3.07. The van der Waals surface area contributed by atoms with Gasteiger partial charge >= 0.3 is 0 Å². The van der Waals surface area contributed by atoms with Crippen molar-refractivity contribution in [1.82, 2.24) is 10.3 Å². The molecule has 2 aliphatic rings. The second kappa shape index (κ2) is 6.35. The molecule has 3 nitrogen and oxygen atoms in total. The van der Waals surface area contributed by atoms with Crippen molar-refractivity contribution in [2.24, 2.45) is 17.8 Å². The highest BCUT2D eigenvalue weighted by Crippen LogP contribution is 2.48. The second-order valence-electron chi connectivity index (χ2n) is 7.07. The van der Waals surface area contributed by atoms with Gasteiger partial charge in [-0.1, -0.05) is 13.3 Å². The monoisotopic (exact) mass is 287 g/mol. The molecule has 1 aromatic rings. The Kier molecular flexibility index (Phi) is 4.48. The molecule has 3 unspecified atom stereocenters.